The molecule has 66 valence electrons. The van der Waals surface area contributed by atoms with Gasteiger partial charge in [-0.2, -0.15) is 0 Å². The van der Waals surface area contributed by atoms with Crippen LogP contribution in [0.2, 0.25) is 0 Å². The van der Waals surface area contributed by atoms with E-state index in [1.165, 1.54) is 0 Å². The Morgan fingerprint density at radius 1 is 1.75 bits per heavy atom. The van der Waals surface area contributed by atoms with Crippen LogP contribution in [-0.2, 0) is 11.2 Å². The van der Waals surface area contributed by atoms with Crippen molar-refractivity contribution in [1.82, 2.24) is 0 Å². The summed E-state index contributed by atoms with van der Waals surface area (Å²) in [5.41, 5.74) is 5.01. The first-order chi connectivity index (χ1) is 5.72. The predicted molar refractivity (Wildman–Crippen MR) is 48.4 cm³/mol. The fraction of sp³-hybridized carbons (Fsp3) is 0.375. The summed E-state index contributed by atoms with van der Waals surface area (Å²) in [6.45, 7) is 0. The molecule has 0 aliphatic carbocycles. The monoisotopic (exact) mass is 185 g/mol. The number of aryl methyl sites for hydroxylation is 1. The van der Waals surface area contributed by atoms with Gasteiger partial charge in [0.1, 0.15) is 5.75 Å². The number of hydrogen-bond acceptors (Lipinski definition) is 3. The summed E-state index contributed by atoms with van der Waals surface area (Å²) in [4.78, 5) is 11.6. The number of amides is 1. The lowest BCUT2D eigenvalue weighted by molar-refractivity contribution is -0.117. The number of rotatable bonds is 4. The third-order valence-corrected chi connectivity index (χ3v) is 2.46. The Bertz CT molecular complexity index is 270. The number of methoxy groups -OCH3 is 1. The van der Waals surface area contributed by atoms with Gasteiger partial charge in [0.25, 0.3) is 0 Å². The molecule has 0 saturated heterocycles. The third-order valence-electron chi connectivity index (χ3n) is 1.48. The Morgan fingerprint density at radius 3 is 3.00 bits per heavy atom. The fourth-order valence-electron chi connectivity index (χ4n) is 0.845. The van der Waals surface area contributed by atoms with E-state index in [1.807, 2.05) is 11.4 Å². The molecule has 0 radical (unpaired) electrons. The Kier molecular flexibility index (Phi) is 3.10. The lowest BCUT2D eigenvalue weighted by Crippen LogP contribution is -2.10. The van der Waals surface area contributed by atoms with Gasteiger partial charge in [0.15, 0.2) is 0 Å². The van der Waals surface area contributed by atoms with Gasteiger partial charge < -0.3 is 10.5 Å². The van der Waals surface area contributed by atoms with Gasteiger partial charge in [-0.1, -0.05) is 0 Å². The van der Waals surface area contributed by atoms with Crippen molar-refractivity contribution in [3.05, 3.63) is 16.3 Å². The van der Waals surface area contributed by atoms with Crippen molar-refractivity contribution >= 4 is 17.2 Å². The van der Waals surface area contributed by atoms with Crippen molar-refractivity contribution in [2.45, 2.75) is 12.8 Å². The molecule has 0 saturated carbocycles. The summed E-state index contributed by atoms with van der Waals surface area (Å²) in [6.07, 6.45) is 1.12. The van der Waals surface area contributed by atoms with E-state index in [1.54, 1.807) is 18.4 Å². The molecule has 1 heterocycles. The van der Waals surface area contributed by atoms with Crippen LogP contribution in [0.5, 0.6) is 5.75 Å². The van der Waals surface area contributed by atoms with Crippen molar-refractivity contribution in [3.8, 4) is 5.75 Å². The summed E-state index contributed by atoms with van der Waals surface area (Å²) < 4.78 is 5.00. The fourth-order valence-corrected chi connectivity index (χ4v) is 1.68. The topological polar surface area (TPSA) is 52.3 Å². The Hall–Kier alpha value is -1.03. The molecule has 12 heavy (non-hydrogen) atoms. The highest BCUT2D eigenvalue weighted by molar-refractivity contribution is 7.10. The Balaban J connectivity index is 2.47. The molecule has 1 aromatic rings. The first-order valence-electron chi connectivity index (χ1n) is 3.62. The molecule has 0 atom stereocenters. The molecule has 0 aliphatic heterocycles. The highest BCUT2D eigenvalue weighted by Crippen LogP contribution is 2.21. The molecule has 1 rings (SSSR count). The molecular formula is C8H11NO2S. The van der Waals surface area contributed by atoms with Crippen LogP contribution in [0.25, 0.3) is 0 Å². The van der Waals surface area contributed by atoms with Crippen molar-refractivity contribution in [1.29, 1.82) is 0 Å². The lowest BCUT2D eigenvalue weighted by Gasteiger charge is -1.92. The van der Waals surface area contributed by atoms with E-state index in [9.17, 15) is 4.79 Å². The molecule has 0 aliphatic rings. The number of primary amides is 1. The second-order valence-corrected chi connectivity index (χ2v) is 3.41. The summed E-state index contributed by atoms with van der Waals surface area (Å²) in [5, 5.41) is 1.91. The molecular weight excluding hydrogens is 174 g/mol. The number of nitrogens with two attached hydrogens (primary N) is 1. The van der Waals surface area contributed by atoms with Crippen molar-refractivity contribution in [3.63, 3.8) is 0 Å². The van der Waals surface area contributed by atoms with Gasteiger partial charge in [-0.3, -0.25) is 4.79 Å². The van der Waals surface area contributed by atoms with E-state index < -0.39 is 0 Å². The van der Waals surface area contributed by atoms with Gasteiger partial charge in [0.2, 0.25) is 5.91 Å². The van der Waals surface area contributed by atoms with Gasteiger partial charge in [-0.05, 0) is 12.5 Å². The smallest absolute Gasteiger partial charge is 0.217 e. The predicted octanol–water partition coefficient (Wildman–Crippen LogP) is 1.17. The number of thiophene rings is 1. The lowest BCUT2D eigenvalue weighted by atomic mass is 10.2. The maximum absolute atomic E-state index is 10.4. The third kappa shape index (κ3) is 2.54. The number of carbonyl (C=O) groups excluding carboxylic acids is 1. The van der Waals surface area contributed by atoms with Gasteiger partial charge >= 0.3 is 0 Å². The van der Waals surface area contributed by atoms with E-state index in [4.69, 9.17) is 10.5 Å². The number of hydrogen-bond donors (Lipinski definition) is 1. The Morgan fingerprint density at radius 2 is 2.50 bits per heavy atom. The van der Waals surface area contributed by atoms with Crippen LogP contribution in [0.4, 0.5) is 0 Å². The van der Waals surface area contributed by atoms with Gasteiger partial charge in [0, 0.05) is 16.7 Å². The zero-order valence-electron chi connectivity index (χ0n) is 6.87. The molecule has 0 fully saturated rings. The normalized spacial score (nSPS) is 9.75. The largest absolute Gasteiger partial charge is 0.496 e. The second kappa shape index (κ2) is 4.11. The van der Waals surface area contributed by atoms with Crippen LogP contribution in [0, 0.1) is 0 Å². The van der Waals surface area contributed by atoms with Crippen molar-refractivity contribution in [2.75, 3.05) is 7.11 Å². The maximum atomic E-state index is 10.4. The van der Waals surface area contributed by atoms with Crippen molar-refractivity contribution < 1.29 is 9.53 Å². The van der Waals surface area contributed by atoms with E-state index in [2.05, 4.69) is 0 Å². The van der Waals surface area contributed by atoms with Crippen molar-refractivity contribution in [2.24, 2.45) is 5.73 Å². The summed E-state index contributed by atoms with van der Waals surface area (Å²) in [5.74, 6) is 0.585. The SMILES string of the molecule is COc1csc(CCC(N)=O)c1. The average Bonchev–Trinajstić information content (AvgIpc) is 2.48. The molecule has 0 unspecified atom stereocenters. The zero-order valence-corrected chi connectivity index (χ0v) is 7.69. The number of carbonyl (C=O) groups is 1. The quantitative estimate of drug-likeness (QED) is 0.765. The summed E-state index contributed by atoms with van der Waals surface area (Å²) in [7, 11) is 1.62. The molecule has 0 bridgehead atoms. The molecule has 0 spiro atoms. The van der Waals surface area contributed by atoms with Crippen LogP contribution in [0.15, 0.2) is 11.4 Å². The first-order valence-corrected chi connectivity index (χ1v) is 4.50. The minimum absolute atomic E-state index is 0.262. The van der Waals surface area contributed by atoms with Crippen LogP contribution in [-0.4, -0.2) is 13.0 Å². The average molecular weight is 185 g/mol. The highest BCUT2D eigenvalue weighted by Gasteiger charge is 2.01. The standard InChI is InChI=1S/C8H11NO2S/c1-11-6-4-7(12-5-6)2-3-8(9)10/h4-5H,2-3H2,1H3,(H2,9,10). The molecule has 1 amide bonds. The molecule has 0 aromatic carbocycles. The van der Waals surface area contributed by atoms with Gasteiger partial charge in [-0.15, -0.1) is 11.3 Å². The van der Waals surface area contributed by atoms with E-state index in [-0.39, 0.29) is 5.91 Å². The molecule has 1 aromatic heterocycles. The Labute approximate surface area is 75.1 Å². The van der Waals surface area contributed by atoms with Gasteiger partial charge in [-0.25, -0.2) is 0 Å². The minimum atomic E-state index is -0.262. The summed E-state index contributed by atoms with van der Waals surface area (Å²) >= 11 is 1.58. The zero-order chi connectivity index (χ0) is 8.97. The highest BCUT2D eigenvalue weighted by atomic mass is 32.1. The van der Waals surface area contributed by atoms with Crippen LogP contribution in [0.3, 0.4) is 0 Å². The van der Waals surface area contributed by atoms with Crippen LogP contribution in [0.1, 0.15) is 11.3 Å². The van der Waals surface area contributed by atoms with Gasteiger partial charge in [0.05, 0.1) is 7.11 Å². The van der Waals surface area contributed by atoms with Crippen LogP contribution < -0.4 is 10.5 Å². The first kappa shape index (κ1) is 9.06. The number of ether oxygens (including phenoxy) is 1. The molecule has 2 N–H and O–H groups in total. The van der Waals surface area contributed by atoms with E-state index >= 15 is 0 Å². The molecule has 4 heteroatoms. The van der Waals surface area contributed by atoms with Crippen LogP contribution >= 0.6 is 11.3 Å². The maximum Gasteiger partial charge on any atom is 0.217 e. The van der Waals surface area contributed by atoms with E-state index in [0.717, 1.165) is 10.6 Å². The minimum Gasteiger partial charge on any atom is -0.496 e. The molecule has 3 nitrogen and oxygen atoms in total. The van der Waals surface area contributed by atoms with E-state index in [0.29, 0.717) is 12.8 Å². The summed E-state index contributed by atoms with van der Waals surface area (Å²) in [6, 6.07) is 1.92. The second-order valence-electron chi connectivity index (χ2n) is 2.42.